The molecule has 4 aliphatic rings. The van der Waals surface area contributed by atoms with Crippen LogP contribution in [0.4, 0.5) is 11.6 Å². The lowest BCUT2D eigenvalue weighted by Gasteiger charge is -2.33. The fraction of sp³-hybridized carbons (Fsp3) is 0.722. The predicted molar refractivity (Wildman–Crippen MR) is 206 cm³/mol. The van der Waals surface area contributed by atoms with E-state index in [0.717, 1.165) is 75.5 Å². The summed E-state index contributed by atoms with van der Waals surface area (Å²) in [6.45, 7) is 17.1. The fourth-order valence-electron chi connectivity index (χ4n) is 5.15. The summed E-state index contributed by atoms with van der Waals surface area (Å²) in [6, 6.07) is 4.57. The third-order valence-corrected chi connectivity index (χ3v) is 10.1. The third kappa shape index (κ3) is 13.1. The van der Waals surface area contributed by atoms with Crippen LogP contribution in [0.3, 0.4) is 0 Å². The molecule has 0 bridgehead atoms. The molecule has 47 heavy (non-hydrogen) atoms. The number of anilines is 2. The van der Waals surface area contributed by atoms with Gasteiger partial charge in [0.25, 0.3) is 0 Å². The van der Waals surface area contributed by atoms with Crippen molar-refractivity contribution < 1.29 is 12.4 Å². The average Bonchev–Trinajstić information content (AvgIpc) is 2.99. The van der Waals surface area contributed by atoms with Crippen LogP contribution in [0.5, 0.6) is 0 Å². The molecule has 3 N–H and O–H groups in total. The van der Waals surface area contributed by atoms with Crippen molar-refractivity contribution in [1.82, 2.24) is 29.7 Å². The van der Waals surface area contributed by atoms with Crippen LogP contribution in [0.25, 0.3) is 0 Å². The zero-order valence-corrected chi connectivity index (χ0v) is 32.2. The fourth-order valence-corrected chi connectivity index (χ4v) is 5.15. The predicted octanol–water partition coefficient (Wildman–Crippen LogP) is 7.63. The average molecular weight is 769 g/mol. The van der Waals surface area contributed by atoms with Gasteiger partial charge in [0, 0.05) is 64.0 Å². The summed E-state index contributed by atoms with van der Waals surface area (Å²) in [5.41, 5.74) is 7.93. The van der Waals surface area contributed by atoms with Crippen molar-refractivity contribution in [3.8, 4) is 0 Å². The molecule has 4 fully saturated rings. The topological polar surface area (TPSA) is 130 Å². The summed E-state index contributed by atoms with van der Waals surface area (Å²) in [6.07, 6.45) is 18.6. The van der Waals surface area contributed by atoms with Crippen molar-refractivity contribution >= 4 is 47.9 Å². The van der Waals surface area contributed by atoms with Gasteiger partial charge in [-0.2, -0.15) is 0 Å². The lowest BCUT2D eigenvalue weighted by Crippen LogP contribution is -2.41. The molecule has 0 aromatic carbocycles. The van der Waals surface area contributed by atoms with Crippen molar-refractivity contribution in [2.24, 2.45) is 5.92 Å². The Morgan fingerprint density at radius 3 is 1.79 bits per heavy atom. The smallest absolute Gasteiger partial charge is 0.225 e. The Morgan fingerprint density at radius 1 is 0.830 bits per heavy atom. The molecule has 2 amide bonds. The Bertz CT molecular complexity index is 1220. The minimum atomic E-state index is 0. The van der Waals surface area contributed by atoms with Crippen LogP contribution in [-0.2, 0) is 20.4 Å². The molecule has 10 nitrogen and oxygen atoms in total. The zero-order valence-electron chi connectivity index (χ0n) is 29.8. The first-order chi connectivity index (χ1) is 22.0. The van der Waals surface area contributed by atoms with E-state index >= 15 is 0 Å². The van der Waals surface area contributed by atoms with Gasteiger partial charge < -0.3 is 20.9 Å². The highest BCUT2D eigenvalue weighted by Crippen LogP contribution is 2.30. The van der Waals surface area contributed by atoms with Crippen LogP contribution in [0.1, 0.15) is 133 Å². The van der Waals surface area contributed by atoms with Gasteiger partial charge in [0.15, 0.2) is 0 Å². The summed E-state index contributed by atoms with van der Waals surface area (Å²) < 4.78 is 0. The van der Waals surface area contributed by atoms with E-state index in [-0.39, 0.29) is 37.7 Å². The lowest BCUT2D eigenvalue weighted by molar-refractivity contribution is -0.139. The lowest BCUT2D eigenvalue weighted by atomic mass is 9.84. The van der Waals surface area contributed by atoms with Gasteiger partial charge in [-0.25, -0.2) is 19.9 Å². The highest BCUT2D eigenvalue weighted by Gasteiger charge is 2.29. The molecule has 2 aromatic rings. The normalized spacial score (nSPS) is 17.7. The van der Waals surface area contributed by atoms with Crippen LogP contribution in [-0.4, -0.2) is 74.3 Å². The highest BCUT2D eigenvalue weighted by molar-refractivity contribution is 14.0. The van der Waals surface area contributed by atoms with Gasteiger partial charge in [-0.05, 0) is 70.6 Å². The van der Waals surface area contributed by atoms with Crippen LogP contribution >= 0.6 is 24.0 Å². The maximum atomic E-state index is 11.7. The van der Waals surface area contributed by atoms with Gasteiger partial charge in [-0.1, -0.05) is 48.0 Å². The van der Waals surface area contributed by atoms with Crippen molar-refractivity contribution in [2.75, 3.05) is 37.2 Å². The largest absolute Gasteiger partial charge is 0.384 e. The van der Waals surface area contributed by atoms with Gasteiger partial charge in [0.05, 0.1) is 11.4 Å². The van der Waals surface area contributed by atoms with Crippen LogP contribution in [0, 0.1) is 5.92 Å². The van der Waals surface area contributed by atoms with Crippen LogP contribution in [0.15, 0.2) is 24.8 Å². The zero-order chi connectivity index (χ0) is 33.6. The molecular weight excluding hydrogens is 703 g/mol. The minimum absolute atomic E-state index is 0. The summed E-state index contributed by atoms with van der Waals surface area (Å²) in [5.74, 6) is 2.38. The Morgan fingerprint density at radius 2 is 1.38 bits per heavy atom. The first-order valence-corrected chi connectivity index (χ1v) is 17.6. The van der Waals surface area contributed by atoms with Crippen molar-refractivity contribution in [3.05, 3.63) is 36.2 Å². The van der Waals surface area contributed by atoms with Crippen LogP contribution in [0.2, 0.25) is 0 Å². The maximum Gasteiger partial charge on any atom is 0.225 e. The number of nitrogens with zero attached hydrogens (tertiary/aromatic N) is 6. The second kappa shape index (κ2) is 20.1. The summed E-state index contributed by atoms with van der Waals surface area (Å²) >= 11 is 0. The molecule has 0 unspecified atom stereocenters. The second-order valence-corrected chi connectivity index (χ2v) is 14.4. The van der Waals surface area contributed by atoms with Crippen molar-refractivity contribution in [2.45, 2.75) is 135 Å². The van der Waals surface area contributed by atoms with E-state index in [1.807, 2.05) is 6.07 Å². The third-order valence-electron chi connectivity index (χ3n) is 10.1. The van der Waals surface area contributed by atoms with Gasteiger partial charge in [-0.3, -0.25) is 9.59 Å². The molecule has 4 heterocycles. The molecule has 11 heteroatoms. The number of piperidine rings is 1. The van der Waals surface area contributed by atoms with Gasteiger partial charge in [0.2, 0.25) is 12.3 Å². The Labute approximate surface area is 303 Å². The molecule has 0 spiro atoms. The number of aromatic nitrogens is 4. The standard InChI is InChI=1S/C13H21N3.C10H17NO.C9H15N3.C4H7NO.HI.2H2/c1-4-13(2,3)11-8-12(15-9-14-11)16-10-6-5-7-10;12-10(9-5-4-6-9)11-7-2-1-3-8-11;1-4-9(2,3)7-5-8(10)12-6-11-7;6-4-5-2-1-3-5;;;/h8-10H,4-7H2,1-3H3,(H,14,15,16);9H,1-8H2;5-6H,4H2,1-3H3,(H2,10,11,12);4H,1-3H2;3*1H. The molecule has 2 aliphatic carbocycles. The number of carbonyl (C=O) groups is 2. The van der Waals surface area contributed by atoms with Crippen LogP contribution < -0.4 is 11.1 Å². The number of nitrogen functional groups attached to an aromatic ring is 1. The van der Waals surface area contributed by atoms with Gasteiger partial charge in [0.1, 0.15) is 24.3 Å². The van der Waals surface area contributed by atoms with E-state index in [1.165, 1.54) is 57.7 Å². The number of amides is 2. The maximum absolute atomic E-state index is 11.7. The molecule has 0 radical (unpaired) electrons. The van der Waals surface area contributed by atoms with Gasteiger partial charge in [-0.15, -0.1) is 24.0 Å². The van der Waals surface area contributed by atoms with E-state index in [0.29, 0.717) is 23.7 Å². The monoisotopic (exact) mass is 768 g/mol. The summed E-state index contributed by atoms with van der Waals surface area (Å²) in [5, 5.41) is 3.46. The first kappa shape index (κ1) is 40.6. The molecular formula is C36H65IN8O2. The molecule has 2 aromatic heterocycles. The Hall–Kier alpha value is -2.57. The number of hydrogen-bond acceptors (Lipinski definition) is 8. The number of rotatable bonds is 8. The van der Waals surface area contributed by atoms with E-state index in [2.05, 4.69) is 77.8 Å². The number of carbonyl (C=O) groups excluding carboxylic acids is 2. The summed E-state index contributed by atoms with van der Waals surface area (Å²) in [4.78, 5) is 42.0. The molecule has 2 aliphatic heterocycles. The molecule has 0 atom stereocenters. The van der Waals surface area contributed by atoms with E-state index in [1.54, 1.807) is 11.2 Å². The first-order valence-electron chi connectivity index (χ1n) is 17.6. The summed E-state index contributed by atoms with van der Waals surface area (Å²) in [7, 11) is 0. The highest BCUT2D eigenvalue weighted by atomic mass is 127. The number of likely N-dealkylation sites (tertiary alicyclic amines) is 2. The number of nitrogens with two attached hydrogens (primary N) is 1. The van der Waals surface area contributed by atoms with Crippen molar-refractivity contribution in [3.63, 3.8) is 0 Å². The van der Waals surface area contributed by atoms with Crippen molar-refractivity contribution in [1.29, 1.82) is 0 Å². The quantitative estimate of drug-likeness (QED) is 0.207. The number of hydrogen-bond donors (Lipinski definition) is 2. The Balaban J connectivity index is 0.000000639. The number of halogens is 1. The van der Waals surface area contributed by atoms with Gasteiger partial charge >= 0.3 is 0 Å². The Kier molecular flexibility index (Phi) is 17.3. The van der Waals surface area contributed by atoms with E-state index < -0.39 is 0 Å². The molecule has 268 valence electrons. The minimum Gasteiger partial charge on any atom is -0.384 e. The molecule has 2 saturated heterocycles. The SMILES string of the molecule is CCC(C)(C)c1cc(N)ncn1.CCC(C)(C)c1cc(NC2CCC2)ncn1.I.O=C(C1CCC1)N1CCCCC1.O=CN1CCC1.[HH].[HH]. The number of nitrogens with one attached hydrogen (secondary N) is 1. The van der Waals surface area contributed by atoms with E-state index in [9.17, 15) is 9.59 Å². The second-order valence-electron chi connectivity index (χ2n) is 14.4. The molecule has 6 rings (SSSR count). The molecule has 2 saturated carbocycles. The van der Waals surface area contributed by atoms with E-state index in [4.69, 9.17) is 5.73 Å².